The fourth-order valence-electron chi connectivity index (χ4n) is 2.48. The molecule has 5 nitrogen and oxygen atoms in total. The summed E-state index contributed by atoms with van der Waals surface area (Å²) in [7, 11) is 0. The van der Waals surface area contributed by atoms with Gasteiger partial charge in [0.05, 0.1) is 0 Å². The molecule has 1 aliphatic heterocycles. The van der Waals surface area contributed by atoms with Crippen molar-refractivity contribution in [3.8, 4) is 0 Å². The van der Waals surface area contributed by atoms with Gasteiger partial charge in [0.15, 0.2) is 0 Å². The number of carbonyl (C=O) groups excluding carboxylic acids is 2. The Bertz CT molecular complexity index is 332. The molecular weight excluding hydrogens is 242 g/mol. The lowest BCUT2D eigenvalue weighted by Crippen LogP contribution is -2.48. The number of hydrogen-bond donors (Lipinski definition) is 1. The first kappa shape index (κ1) is 14.3. The summed E-state index contributed by atoms with van der Waals surface area (Å²) in [5.74, 6) is -0.197. The summed E-state index contributed by atoms with van der Waals surface area (Å²) in [6.07, 6.45) is 3.02. The maximum absolute atomic E-state index is 12.4. The highest BCUT2D eigenvalue weighted by Crippen LogP contribution is 2.28. The Morgan fingerprint density at radius 2 is 2.00 bits per heavy atom. The minimum absolute atomic E-state index is 0.293. The number of rotatable bonds is 3. The van der Waals surface area contributed by atoms with E-state index in [2.05, 4.69) is 19.2 Å². The highest BCUT2D eigenvalue weighted by Gasteiger charge is 2.37. The van der Waals surface area contributed by atoms with Gasteiger partial charge in [0.2, 0.25) is 0 Å². The highest BCUT2D eigenvalue weighted by atomic mass is 16.2. The van der Waals surface area contributed by atoms with Crippen molar-refractivity contribution < 1.29 is 9.59 Å². The van der Waals surface area contributed by atoms with Crippen molar-refractivity contribution in [3.05, 3.63) is 0 Å². The molecule has 0 spiro atoms. The predicted octanol–water partition coefficient (Wildman–Crippen LogP) is 0.455. The van der Waals surface area contributed by atoms with Gasteiger partial charge in [-0.05, 0) is 31.7 Å². The summed E-state index contributed by atoms with van der Waals surface area (Å²) in [6.45, 7) is 7.92. The number of nitrogens with zero attached hydrogens (tertiary/aromatic N) is 2. The largest absolute Gasteiger partial charge is 0.333 e. The van der Waals surface area contributed by atoms with E-state index in [0.717, 1.165) is 32.4 Å². The van der Waals surface area contributed by atoms with Crippen LogP contribution in [0.15, 0.2) is 0 Å². The van der Waals surface area contributed by atoms with Crippen LogP contribution in [0.4, 0.5) is 0 Å². The molecule has 108 valence electrons. The first-order chi connectivity index (χ1) is 9.09. The second-order valence-corrected chi connectivity index (χ2v) is 5.98. The lowest BCUT2D eigenvalue weighted by Gasteiger charge is -2.27. The third-order valence-electron chi connectivity index (χ3n) is 3.62. The molecule has 1 saturated heterocycles. The van der Waals surface area contributed by atoms with E-state index in [1.165, 1.54) is 0 Å². The van der Waals surface area contributed by atoms with Crippen molar-refractivity contribution in [2.75, 3.05) is 32.7 Å². The number of amides is 2. The topological polar surface area (TPSA) is 52.7 Å². The molecule has 2 aliphatic rings. The normalized spacial score (nSPS) is 20.3. The average molecular weight is 267 g/mol. The lowest BCUT2D eigenvalue weighted by atomic mass is 10.2. The van der Waals surface area contributed by atoms with E-state index < -0.39 is 0 Å². The van der Waals surface area contributed by atoms with E-state index in [9.17, 15) is 9.59 Å². The summed E-state index contributed by atoms with van der Waals surface area (Å²) in [5, 5.41) is 3.25. The SMILES string of the molecule is CC(C)CN(C(=O)C(=O)N1CCCNCC1)C1CC1. The fourth-order valence-corrected chi connectivity index (χ4v) is 2.48. The van der Waals surface area contributed by atoms with Crippen molar-refractivity contribution in [1.82, 2.24) is 15.1 Å². The molecule has 19 heavy (non-hydrogen) atoms. The van der Waals surface area contributed by atoms with Gasteiger partial charge in [-0.1, -0.05) is 13.8 Å². The molecule has 2 fully saturated rings. The van der Waals surface area contributed by atoms with Crippen LogP contribution < -0.4 is 5.32 Å². The summed E-state index contributed by atoms with van der Waals surface area (Å²) in [4.78, 5) is 28.2. The third-order valence-corrected chi connectivity index (χ3v) is 3.62. The van der Waals surface area contributed by atoms with Crippen molar-refractivity contribution in [3.63, 3.8) is 0 Å². The van der Waals surface area contributed by atoms with Crippen LogP contribution in [0.3, 0.4) is 0 Å². The number of nitrogens with one attached hydrogen (secondary N) is 1. The first-order valence-electron chi connectivity index (χ1n) is 7.40. The molecule has 0 unspecified atom stereocenters. The van der Waals surface area contributed by atoms with E-state index in [-0.39, 0.29) is 11.8 Å². The number of hydrogen-bond acceptors (Lipinski definition) is 3. The Balaban J connectivity index is 1.97. The predicted molar refractivity (Wildman–Crippen MR) is 73.6 cm³/mol. The standard InChI is InChI=1S/C14H25N3O2/c1-11(2)10-17(12-4-5-12)14(19)13(18)16-8-3-6-15-7-9-16/h11-12,15H,3-10H2,1-2H3. The molecule has 1 saturated carbocycles. The van der Waals surface area contributed by atoms with Crippen LogP contribution in [-0.2, 0) is 9.59 Å². The molecule has 0 aromatic carbocycles. The summed E-state index contributed by atoms with van der Waals surface area (Å²) >= 11 is 0. The Kier molecular flexibility index (Phi) is 4.80. The zero-order valence-electron chi connectivity index (χ0n) is 12.0. The molecule has 0 bridgehead atoms. The molecular formula is C14H25N3O2. The lowest BCUT2D eigenvalue weighted by molar-refractivity contribution is -0.152. The van der Waals surface area contributed by atoms with Crippen molar-refractivity contribution >= 4 is 11.8 Å². The molecule has 1 heterocycles. The summed E-state index contributed by atoms with van der Waals surface area (Å²) in [6, 6.07) is 0.309. The van der Waals surface area contributed by atoms with Gasteiger partial charge in [0.25, 0.3) is 0 Å². The summed E-state index contributed by atoms with van der Waals surface area (Å²) in [5.41, 5.74) is 0. The molecule has 5 heteroatoms. The molecule has 0 aromatic rings. The quantitative estimate of drug-likeness (QED) is 0.756. The first-order valence-corrected chi connectivity index (χ1v) is 7.40. The van der Waals surface area contributed by atoms with Crippen molar-refractivity contribution in [2.45, 2.75) is 39.2 Å². The minimum atomic E-state index is -0.309. The minimum Gasteiger partial charge on any atom is -0.333 e. The van der Waals surface area contributed by atoms with Crippen molar-refractivity contribution in [2.24, 2.45) is 5.92 Å². The van der Waals surface area contributed by atoms with Crippen LogP contribution in [0.1, 0.15) is 33.1 Å². The molecule has 1 aliphatic carbocycles. The van der Waals surface area contributed by atoms with E-state index in [1.54, 1.807) is 9.80 Å². The van der Waals surface area contributed by atoms with Crippen LogP contribution in [0.2, 0.25) is 0 Å². The van der Waals surface area contributed by atoms with Crippen LogP contribution in [0.25, 0.3) is 0 Å². The fraction of sp³-hybridized carbons (Fsp3) is 0.857. The third kappa shape index (κ3) is 3.93. The number of carbonyl (C=O) groups is 2. The average Bonchev–Trinajstić information content (AvgIpc) is 3.19. The van der Waals surface area contributed by atoms with Gasteiger partial charge in [0.1, 0.15) is 0 Å². The Morgan fingerprint density at radius 1 is 1.26 bits per heavy atom. The maximum Gasteiger partial charge on any atom is 0.312 e. The molecule has 0 radical (unpaired) electrons. The van der Waals surface area contributed by atoms with Crippen LogP contribution in [0, 0.1) is 5.92 Å². The molecule has 0 aromatic heterocycles. The smallest absolute Gasteiger partial charge is 0.312 e. The van der Waals surface area contributed by atoms with Gasteiger partial charge >= 0.3 is 11.8 Å². The maximum atomic E-state index is 12.4. The molecule has 2 rings (SSSR count). The van der Waals surface area contributed by atoms with Crippen LogP contribution in [0.5, 0.6) is 0 Å². The van der Waals surface area contributed by atoms with E-state index in [1.807, 2.05) is 0 Å². The molecule has 1 N–H and O–H groups in total. The van der Waals surface area contributed by atoms with Crippen LogP contribution in [-0.4, -0.2) is 60.4 Å². The van der Waals surface area contributed by atoms with Gasteiger partial charge < -0.3 is 15.1 Å². The summed E-state index contributed by atoms with van der Waals surface area (Å²) < 4.78 is 0. The Labute approximate surface area is 115 Å². The molecule has 2 amide bonds. The molecule has 0 atom stereocenters. The van der Waals surface area contributed by atoms with Gasteiger partial charge in [0, 0.05) is 32.2 Å². The zero-order valence-corrected chi connectivity index (χ0v) is 12.0. The second-order valence-electron chi connectivity index (χ2n) is 5.98. The second kappa shape index (κ2) is 6.37. The Hall–Kier alpha value is -1.10. The Morgan fingerprint density at radius 3 is 2.63 bits per heavy atom. The van der Waals surface area contributed by atoms with Gasteiger partial charge in [-0.3, -0.25) is 9.59 Å². The van der Waals surface area contributed by atoms with E-state index >= 15 is 0 Å². The van der Waals surface area contributed by atoms with E-state index in [0.29, 0.717) is 31.6 Å². The van der Waals surface area contributed by atoms with E-state index in [4.69, 9.17) is 0 Å². The van der Waals surface area contributed by atoms with Crippen LogP contribution >= 0.6 is 0 Å². The van der Waals surface area contributed by atoms with Gasteiger partial charge in [-0.2, -0.15) is 0 Å². The zero-order chi connectivity index (χ0) is 13.8. The van der Waals surface area contributed by atoms with Gasteiger partial charge in [-0.25, -0.2) is 0 Å². The van der Waals surface area contributed by atoms with Gasteiger partial charge in [-0.15, -0.1) is 0 Å². The van der Waals surface area contributed by atoms with Crippen molar-refractivity contribution in [1.29, 1.82) is 0 Å². The monoisotopic (exact) mass is 267 g/mol. The highest BCUT2D eigenvalue weighted by molar-refractivity contribution is 6.35.